The zero-order valence-electron chi connectivity index (χ0n) is 37.3. The molecule has 3 aromatic rings. The number of aryl methyl sites for hydroxylation is 2. The van der Waals surface area contributed by atoms with E-state index >= 15 is 0 Å². The van der Waals surface area contributed by atoms with Gasteiger partial charge in [-0.1, -0.05) is 80.2 Å². The fourth-order valence-electron chi connectivity index (χ4n) is 6.17. The van der Waals surface area contributed by atoms with Crippen molar-refractivity contribution in [3.8, 4) is 18.1 Å². The van der Waals surface area contributed by atoms with Crippen LogP contribution in [0.5, 0.6) is 5.75 Å². The lowest BCUT2D eigenvalue weighted by atomic mass is 9.92. The molecule has 1 aromatic heterocycles. The van der Waals surface area contributed by atoms with Crippen molar-refractivity contribution in [3.05, 3.63) is 83.2 Å². The summed E-state index contributed by atoms with van der Waals surface area (Å²) in [5, 5.41) is 10.1. The normalized spacial score (nSPS) is 13.5. The Labute approximate surface area is 403 Å². The van der Waals surface area contributed by atoms with Crippen molar-refractivity contribution in [2.75, 3.05) is 68.1 Å². The Bertz CT molecular complexity index is 2320. The van der Waals surface area contributed by atoms with Crippen LogP contribution in [0.1, 0.15) is 44.6 Å². The number of carboxylic acid groups (broad SMARTS) is 1. The summed E-state index contributed by atoms with van der Waals surface area (Å²) in [5.41, 5.74) is 3.80. The molecule has 0 atom stereocenters. The van der Waals surface area contributed by atoms with Crippen LogP contribution in [-0.2, 0) is 47.9 Å². The van der Waals surface area contributed by atoms with Gasteiger partial charge in [0.15, 0.2) is 17.3 Å². The van der Waals surface area contributed by atoms with Gasteiger partial charge in [-0.05, 0) is 42.9 Å². The van der Waals surface area contributed by atoms with E-state index < -0.39 is 37.0 Å². The smallest absolute Gasteiger partial charge is 0.339 e. The zero-order chi connectivity index (χ0) is 49.8. The van der Waals surface area contributed by atoms with Crippen LogP contribution in [0.2, 0.25) is 0 Å². The van der Waals surface area contributed by atoms with E-state index in [-0.39, 0.29) is 54.6 Å². The summed E-state index contributed by atoms with van der Waals surface area (Å²) in [6.45, 7) is 19.3. The Morgan fingerprint density at radius 3 is 2.42 bits per heavy atom. The van der Waals surface area contributed by atoms with Crippen molar-refractivity contribution in [3.63, 3.8) is 0 Å². The monoisotopic (exact) mass is 1020 g/mol. The summed E-state index contributed by atoms with van der Waals surface area (Å²) in [5.74, 6) is 1.29. The third-order valence-electron chi connectivity index (χ3n) is 9.04. The van der Waals surface area contributed by atoms with Gasteiger partial charge >= 0.3 is 13.6 Å². The first kappa shape index (κ1) is 57.5. The maximum Gasteiger partial charge on any atom is 0.339 e. The van der Waals surface area contributed by atoms with Crippen molar-refractivity contribution < 1.29 is 52.5 Å². The minimum atomic E-state index is -4.10. The summed E-state index contributed by atoms with van der Waals surface area (Å²) >= 11 is 17.7. The Balaban J connectivity index is 0.000000327. The highest BCUT2D eigenvalue weighted by Gasteiger charge is 2.31. The second-order valence-electron chi connectivity index (χ2n) is 14.9. The molecule has 0 saturated heterocycles. The number of fused-ring (bicyclic) bond motifs is 2. The maximum absolute atomic E-state index is 14.5. The summed E-state index contributed by atoms with van der Waals surface area (Å²) in [6, 6.07) is 8.78. The SMILES string of the molecule is C#CCN1C(=O)COc2cc(F)c(N=c3snc4n3CC(C)(C)C4)cc21.C=CCN(CC=C)C(=O)C(Cl)Cl.CCOCN(C(=O)CCl)c1c(C)cccc1CC.O=C(O)CNCP(=O)(O)O. The van der Waals surface area contributed by atoms with Crippen molar-refractivity contribution >= 4 is 94.7 Å². The number of para-hydroxylation sites is 1. The molecule has 3 amide bonds. The highest BCUT2D eigenvalue weighted by molar-refractivity contribution is 7.51. The van der Waals surface area contributed by atoms with Crippen molar-refractivity contribution in [2.24, 2.45) is 10.4 Å². The topological polar surface area (TPSA) is 216 Å². The van der Waals surface area contributed by atoms with Gasteiger partial charge in [0.2, 0.25) is 10.7 Å². The predicted octanol–water partition coefficient (Wildman–Crippen LogP) is 6.17. The van der Waals surface area contributed by atoms with Gasteiger partial charge in [-0.25, -0.2) is 9.38 Å². The van der Waals surface area contributed by atoms with E-state index in [1.807, 2.05) is 36.6 Å². The number of anilines is 2. The number of carboxylic acids is 1. The number of terminal acetylenes is 1. The summed E-state index contributed by atoms with van der Waals surface area (Å²) in [6.07, 6.45) is 9.71. The van der Waals surface area contributed by atoms with E-state index in [0.29, 0.717) is 35.9 Å². The van der Waals surface area contributed by atoms with Crippen LogP contribution in [-0.4, -0.2) is 116 Å². The van der Waals surface area contributed by atoms with Crippen LogP contribution in [0.4, 0.5) is 21.5 Å². The highest BCUT2D eigenvalue weighted by atomic mass is 35.5. The van der Waals surface area contributed by atoms with Gasteiger partial charge in [0.05, 0.1) is 30.8 Å². The largest absolute Gasteiger partial charge is 0.481 e. The number of hydrogen-bond acceptors (Lipinski definition) is 11. The minimum absolute atomic E-state index is 0.0371. The Morgan fingerprint density at radius 2 is 1.88 bits per heavy atom. The molecule has 0 unspecified atom stereocenters. The van der Waals surface area contributed by atoms with Crippen LogP contribution in [0.25, 0.3) is 0 Å². The molecule has 2 aliphatic rings. The number of ether oxygens (including phenoxy) is 2. The summed E-state index contributed by atoms with van der Waals surface area (Å²) in [7, 11) is -4.10. The van der Waals surface area contributed by atoms with E-state index in [1.54, 1.807) is 17.1 Å². The number of nitrogens with zero attached hydrogens (tertiary/aromatic N) is 6. The molecule has 5 rings (SSSR count). The van der Waals surface area contributed by atoms with Crippen LogP contribution in [0, 0.1) is 30.5 Å². The van der Waals surface area contributed by atoms with E-state index in [2.05, 4.69) is 54.5 Å². The van der Waals surface area contributed by atoms with E-state index in [4.69, 9.17) is 65.6 Å². The molecule has 3 heterocycles. The van der Waals surface area contributed by atoms with E-state index in [0.717, 1.165) is 42.0 Å². The fraction of sp³-hybridized carbons (Fsp3) is 0.442. The zero-order valence-corrected chi connectivity index (χ0v) is 41.3. The van der Waals surface area contributed by atoms with Crippen LogP contribution in [0.15, 0.2) is 60.6 Å². The number of amides is 3. The second kappa shape index (κ2) is 27.9. The molecule has 17 nitrogen and oxygen atoms in total. The number of aromatic nitrogens is 2. The van der Waals surface area contributed by atoms with Gasteiger partial charge in [0, 0.05) is 50.3 Å². The third kappa shape index (κ3) is 18.2. The lowest BCUT2D eigenvalue weighted by Gasteiger charge is -2.28. The molecule has 0 fully saturated rings. The van der Waals surface area contributed by atoms with Gasteiger partial charge in [-0.2, -0.15) is 4.37 Å². The number of carbonyl (C=O) groups excluding carboxylic acids is 3. The molecule has 4 N–H and O–H groups in total. The fourth-order valence-corrected chi connectivity index (χ4v) is 7.75. The van der Waals surface area contributed by atoms with Gasteiger partial charge < -0.3 is 33.8 Å². The Hall–Kier alpha value is -4.61. The van der Waals surface area contributed by atoms with E-state index in [1.165, 1.54) is 33.5 Å². The average molecular weight is 1020 g/mol. The number of carbonyl (C=O) groups is 4. The van der Waals surface area contributed by atoms with Crippen LogP contribution in [0.3, 0.4) is 0 Å². The van der Waals surface area contributed by atoms with Crippen molar-refractivity contribution in [1.29, 1.82) is 0 Å². The number of alkyl halides is 3. The van der Waals surface area contributed by atoms with Crippen molar-refractivity contribution in [1.82, 2.24) is 19.2 Å². The quantitative estimate of drug-likeness (QED) is 0.0393. The molecule has 2 aliphatic heterocycles. The molecule has 0 aliphatic carbocycles. The molecule has 0 bridgehead atoms. The van der Waals surface area contributed by atoms with Crippen molar-refractivity contribution in [2.45, 2.75) is 58.8 Å². The summed E-state index contributed by atoms with van der Waals surface area (Å²) < 4.78 is 41.7. The first-order valence-electron chi connectivity index (χ1n) is 20.2. The molecular weight excluding hydrogens is 963 g/mol. The number of halogens is 4. The third-order valence-corrected chi connectivity index (χ3v) is 11.1. The number of hydrogen-bond donors (Lipinski definition) is 4. The molecule has 23 heteroatoms. The average Bonchev–Trinajstić information content (AvgIpc) is 3.76. The first-order valence-corrected chi connectivity index (χ1v) is 24.1. The Kier molecular flexibility index (Phi) is 24.3. The molecular formula is C43H56Cl3FN7O10PS. The lowest BCUT2D eigenvalue weighted by Crippen LogP contribution is -2.39. The van der Waals surface area contributed by atoms with Gasteiger partial charge in [-0.15, -0.1) is 31.2 Å². The summed E-state index contributed by atoms with van der Waals surface area (Å²) in [4.78, 5) is 69.9. The number of nitrogens with one attached hydrogen (secondary N) is 1. The molecule has 66 heavy (non-hydrogen) atoms. The molecule has 0 radical (unpaired) electrons. The van der Waals surface area contributed by atoms with Gasteiger partial charge in [0.25, 0.3) is 11.8 Å². The van der Waals surface area contributed by atoms with E-state index in [9.17, 15) is 28.1 Å². The van der Waals surface area contributed by atoms with Gasteiger partial charge in [-0.3, -0.25) is 38.9 Å². The number of aliphatic carboxylic acids is 1. The van der Waals surface area contributed by atoms with Crippen LogP contribution < -0.4 is 24.7 Å². The number of rotatable bonds is 17. The second-order valence-corrected chi connectivity index (χ2v) is 18.7. The van der Waals surface area contributed by atoms with Crippen LogP contribution >= 0.6 is 53.9 Å². The standard InChI is InChI=1S/C18H17FN4O2S.C14H20ClNO2.C8H11Cl2NO.C3H8NO5P/c1-4-5-22-13-7-12(11(19)6-14(13)25-9-16(22)24)20-17-23-10-18(2,3)8-15(23)21-26-17;1-4-12-8-6-7-11(3)14(12)16(10-18-5-2)13(17)9-15;1-3-5-11(6-4-2)8(12)7(9)10;5-3(6)1-4-2-10(7,8)9/h1,6-7H,5,8-10H2,2-3H3;6-8H,4-5,9-10H2,1-3H3;3-4,7H,1-2,5-6H2;4H,1-2H2,(H,5,6)(H2,7,8,9). The highest BCUT2D eigenvalue weighted by Crippen LogP contribution is 2.38. The number of benzene rings is 2. The molecule has 0 saturated carbocycles. The maximum atomic E-state index is 14.5. The molecule has 0 spiro atoms. The lowest BCUT2D eigenvalue weighted by molar-refractivity contribution is -0.136. The first-order chi connectivity index (χ1) is 31.1. The molecule has 362 valence electrons. The van der Waals surface area contributed by atoms with Gasteiger partial charge in [0.1, 0.15) is 29.9 Å². The predicted molar refractivity (Wildman–Crippen MR) is 256 cm³/mol. The minimum Gasteiger partial charge on any atom is -0.481 e. The molecule has 2 aromatic carbocycles. The Morgan fingerprint density at radius 1 is 1.21 bits per heavy atom.